The first-order valence-corrected chi connectivity index (χ1v) is 9.70. The highest BCUT2D eigenvalue weighted by molar-refractivity contribution is 6.04. The average molecular weight is 420 g/mol. The second-order valence-corrected chi connectivity index (χ2v) is 7.48. The standard InChI is InChI=1S/C22H23F3N2O3/c1-14(27-11-9-16(10-12-27)21(29)30)17-3-2-4-19(13-17)26-20(28)15-5-7-18(8-6-15)22(23,24)25/h2-8,13-14,16H,9-12H2,1H3,(H,26,28)(H,29,30). The molecule has 1 fully saturated rings. The highest BCUT2D eigenvalue weighted by atomic mass is 19.4. The lowest BCUT2D eigenvalue weighted by Crippen LogP contribution is -2.37. The maximum absolute atomic E-state index is 12.7. The van der Waals surface area contributed by atoms with Gasteiger partial charge in [-0.2, -0.15) is 13.2 Å². The number of aliphatic carboxylic acids is 1. The molecule has 1 atom stereocenters. The van der Waals surface area contributed by atoms with E-state index in [4.69, 9.17) is 5.11 Å². The van der Waals surface area contributed by atoms with E-state index in [1.165, 1.54) is 0 Å². The topological polar surface area (TPSA) is 69.6 Å². The van der Waals surface area contributed by atoms with E-state index in [0.29, 0.717) is 31.6 Å². The van der Waals surface area contributed by atoms with Crippen molar-refractivity contribution in [2.24, 2.45) is 5.92 Å². The molecule has 2 aromatic carbocycles. The van der Waals surface area contributed by atoms with E-state index in [0.717, 1.165) is 29.8 Å². The number of likely N-dealkylation sites (tertiary alicyclic amines) is 1. The average Bonchev–Trinajstić information content (AvgIpc) is 2.73. The van der Waals surface area contributed by atoms with Gasteiger partial charge in [-0.25, -0.2) is 0 Å². The molecule has 2 aromatic rings. The van der Waals surface area contributed by atoms with E-state index in [1.54, 1.807) is 12.1 Å². The number of carboxylic acids is 1. The van der Waals surface area contributed by atoms with E-state index in [2.05, 4.69) is 10.2 Å². The SMILES string of the molecule is CC(c1cccc(NC(=O)c2ccc(C(F)(F)F)cc2)c1)N1CCC(C(=O)O)CC1. The van der Waals surface area contributed by atoms with Crippen LogP contribution in [-0.4, -0.2) is 35.0 Å². The summed E-state index contributed by atoms with van der Waals surface area (Å²) in [5, 5.41) is 11.9. The molecule has 0 bridgehead atoms. The minimum Gasteiger partial charge on any atom is -0.481 e. The second kappa shape index (κ2) is 8.87. The smallest absolute Gasteiger partial charge is 0.416 e. The summed E-state index contributed by atoms with van der Waals surface area (Å²) in [4.78, 5) is 25.7. The van der Waals surface area contributed by atoms with Crippen LogP contribution in [0.15, 0.2) is 48.5 Å². The van der Waals surface area contributed by atoms with Gasteiger partial charge in [0.1, 0.15) is 0 Å². The molecule has 1 aliphatic rings. The Morgan fingerprint density at radius 2 is 1.73 bits per heavy atom. The van der Waals surface area contributed by atoms with Crippen LogP contribution in [-0.2, 0) is 11.0 Å². The molecule has 3 rings (SSSR count). The Kier molecular flexibility index (Phi) is 6.45. The summed E-state index contributed by atoms with van der Waals surface area (Å²) in [5.41, 5.74) is 0.845. The van der Waals surface area contributed by atoms with Gasteiger partial charge in [0.2, 0.25) is 0 Å². The summed E-state index contributed by atoms with van der Waals surface area (Å²) in [6, 6.07) is 11.4. The fourth-order valence-electron chi connectivity index (χ4n) is 3.63. The Bertz CT molecular complexity index is 905. The number of amides is 1. The van der Waals surface area contributed by atoms with Gasteiger partial charge in [0.15, 0.2) is 0 Å². The summed E-state index contributed by atoms with van der Waals surface area (Å²) in [6.45, 7) is 3.39. The van der Waals surface area contributed by atoms with Crippen LogP contribution in [0.5, 0.6) is 0 Å². The highest BCUT2D eigenvalue weighted by Gasteiger charge is 2.30. The lowest BCUT2D eigenvalue weighted by Gasteiger charge is -2.35. The third-order valence-electron chi connectivity index (χ3n) is 5.53. The van der Waals surface area contributed by atoms with E-state index in [1.807, 2.05) is 19.1 Å². The van der Waals surface area contributed by atoms with Gasteiger partial charge in [-0.3, -0.25) is 14.5 Å². The zero-order valence-electron chi connectivity index (χ0n) is 16.4. The van der Waals surface area contributed by atoms with Crippen LogP contribution < -0.4 is 5.32 Å². The molecule has 160 valence electrons. The summed E-state index contributed by atoms with van der Waals surface area (Å²) >= 11 is 0. The Labute approximate surface area is 172 Å². The molecule has 8 heteroatoms. The first-order valence-electron chi connectivity index (χ1n) is 9.70. The van der Waals surface area contributed by atoms with Gasteiger partial charge >= 0.3 is 12.1 Å². The van der Waals surface area contributed by atoms with Gasteiger partial charge in [0.25, 0.3) is 5.91 Å². The largest absolute Gasteiger partial charge is 0.481 e. The highest BCUT2D eigenvalue weighted by Crippen LogP contribution is 2.30. The normalized spacial score (nSPS) is 16.8. The molecular formula is C22H23F3N2O3. The van der Waals surface area contributed by atoms with Crippen LogP contribution in [0.3, 0.4) is 0 Å². The molecule has 0 spiro atoms. The monoisotopic (exact) mass is 420 g/mol. The number of carbonyl (C=O) groups is 2. The Morgan fingerprint density at radius 1 is 1.10 bits per heavy atom. The van der Waals surface area contributed by atoms with Crippen LogP contribution in [0.4, 0.5) is 18.9 Å². The molecule has 1 unspecified atom stereocenters. The van der Waals surface area contributed by atoms with Crippen LogP contribution in [0.25, 0.3) is 0 Å². The molecule has 0 radical (unpaired) electrons. The van der Waals surface area contributed by atoms with Crippen molar-refractivity contribution < 1.29 is 27.9 Å². The van der Waals surface area contributed by atoms with E-state index >= 15 is 0 Å². The third-order valence-corrected chi connectivity index (χ3v) is 5.53. The van der Waals surface area contributed by atoms with E-state index in [9.17, 15) is 22.8 Å². The molecule has 2 N–H and O–H groups in total. The molecule has 0 saturated carbocycles. The third kappa shape index (κ3) is 5.18. The van der Waals surface area contributed by atoms with Crippen molar-refractivity contribution in [3.8, 4) is 0 Å². The summed E-state index contributed by atoms with van der Waals surface area (Å²) in [6.07, 6.45) is -3.24. The van der Waals surface area contributed by atoms with Crippen molar-refractivity contribution in [1.29, 1.82) is 0 Å². The maximum Gasteiger partial charge on any atom is 0.416 e. The molecule has 30 heavy (non-hydrogen) atoms. The van der Waals surface area contributed by atoms with Gasteiger partial charge in [0.05, 0.1) is 11.5 Å². The predicted octanol–water partition coefficient (Wildman–Crippen LogP) is 4.82. The summed E-state index contributed by atoms with van der Waals surface area (Å²) < 4.78 is 38.0. The molecule has 1 amide bonds. The number of anilines is 1. The number of halogens is 3. The predicted molar refractivity (Wildman–Crippen MR) is 106 cm³/mol. The molecule has 0 aromatic heterocycles. The Morgan fingerprint density at radius 3 is 2.30 bits per heavy atom. The number of nitrogens with zero attached hydrogens (tertiary/aromatic N) is 1. The number of carbonyl (C=O) groups excluding carboxylic acids is 1. The van der Waals surface area contributed by atoms with Crippen LogP contribution >= 0.6 is 0 Å². The number of nitrogens with one attached hydrogen (secondary N) is 1. The minimum atomic E-state index is -4.45. The quantitative estimate of drug-likeness (QED) is 0.728. The first-order chi connectivity index (χ1) is 14.1. The molecule has 5 nitrogen and oxygen atoms in total. The number of piperidine rings is 1. The Hall–Kier alpha value is -2.87. The van der Waals surface area contributed by atoms with E-state index in [-0.39, 0.29) is 17.5 Å². The molecular weight excluding hydrogens is 397 g/mol. The van der Waals surface area contributed by atoms with Gasteiger partial charge in [-0.1, -0.05) is 12.1 Å². The summed E-state index contributed by atoms with van der Waals surface area (Å²) in [7, 11) is 0. The van der Waals surface area contributed by atoms with Crippen LogP contribution in [0.2, 0.25) is 0 Å². The molecule has 1 saturated heterocycles. The Balaban J connectivity index is 1.65. The maximum atomic E-state index is 12.7. The second-order valence-electron chi connectivity index (χ2n) is 7.48. The fourth-order valence-corrected chi connectivity index (χ4v) is 3.63. The van der Waals surface area contributed by atoms with Crippen molar-refractivity contribution in [2.45, 2.75) is 32.0 Å². The van der Waals surface area contributed by atoms with Crippen molar-refractivity contribution in [1.82, 2.24) is 4.90 Å². The van der Waals surface area contributed by atoms with Crippen molar-refractivity contribution in [3.05, 3.63) is 65.2 Å². The van der Waals surface area contributed by atoms with Crippen molar-refractivity contribution in [2.75, 3.05) is 18.4 Å². The van der Waals surface area contributed by atoms with Gasteiger partial charge in [-0.15, -0.1) is 0 Å². The molecule has 0 aliphatic carbocycles. The lowest BCUT2D eigenvalue weighted by molar-refractivity contribution is -0.143. The minimum absolute atomic E-state index is 0.0441. The molecule has 1 aliphatic heterocycles. The van der Waals surface area contributed by atoms with Crippen LogP contribution in [0.1, 0.15) is 47.3 Å². The fraction of sp³-hybridized carbons (Fsp3) is 0.364. The lowest BCUT2D eigenvalue weighted by atomic mass is 9.94. The number of hydrogen-bond donors (Lipinski definition) is 2. The van der Waals surface area contributed by atoms with E-state index < -0.39 is 23.6 Å². The molecule has 1 heterocycles. The number of hydrogen-bond acceptors (Lipinski definition) is 3. The van der Waals surface area contributed by atoms with Gasteiger partial charge in [-0.05, 0) is 74.8 Å². The summed E-state index contributed by atoms with van der Waals surface area (Å²) in [5.74, 6) is -1.55. The zero-order chi connectivity index (χ0) is 21.9. The number of alkyl halides is 3. The zero-order valence-corrected chi connectivity index (χ0v) is 16.4. The van der Waals surface area contributed by atoms with Crippen LogP contribution in [0, 0.1) is 5.92 Å². The van der Waals surface area contributed by atoms with Crippen molar-refractivity contribution in [3.63, 3.8) is 0 Å². The van der Waals surface area contributed by atoms with Gasteiger partial charge < -0.3 is 10.4 Å². The van der Waals surface area contributed by atoms with Crippen molar-refractivity contribution >= 4 is 17.6 Å². The first kappa shape index (κ1) is 21.8. The van der Waals surface area contributed by atoms with Gasteiger partial charge in [0, 0.05) is 17.3 Å². The number of rotatable bonds is 5. The number of carboxylic acid groups (broad SMARTS) is 1. The number of benzene rings is 2.